The monoisotopic (exact) mass is 259 g/mol. The van der Waals surface area contributed by atoms with Gasteiger partial charge in [-0.3, -0.25) is 0 Å². The molecule has 0 spiro atoms. The highest BCUT2D eigenvalue weighted by Crippen LogP contribution is 2.25. The largest absolute Gasteiger partial charge is 0.467 e. The van der Waals surface area contributed by atoms with E-state index in [-0.39, 0.29) is 6.04 Å². The predicted octanol–water partition coefficient (Wildman–Crippen LogP) is 4.03. The number of benzene rings is 1. The standard InChI is InChI=1S/C16H21NO2/c1-3-14(16-9-6-11-19-16)17-15-8-5-4-7-13(15)10-12-18-2/h4-9,11,14,17H,3,10,12H2,1-2H3. The maximum atomic E-state index is 5.49. The number of para-hydroxylation sites is 1. The smallest absolute Gasteiger partial charge is 0.125 e. The predicted molar refractivity (Wildman–Crippen MR) is 77.4 cm³/mol. The number of nitrogens with one attached hydrogen (secondary N) is 1. The van der Waals surface area contributed by atoms with E-state index < -0.39 is 0 Å². The molecule has 1 aromatic heterocycles. The zero-order valence-electron chi connectivity index (χ0n) is 11.6. The molecule has 0 saturated heterocycles. The van der Waals surface area contributed by atoms with Crippen molar-refractivity contribution in [1.29, 1.82) is 0 Å². The van der Waals surface area contributed by atoms with Crippen LogP contribution in [0.2, 0.25) is 0 Å². The van der Waals surface area contributed by atoms with Crippen LogP contribution in [-0.4, -0.2) is 13.7 Å². The van der Waals surface area contributed by atoms with Crippen LogP contribution in [0.5, 0.6) is 0 Å². The van der Waals surface area contributed by atoms with Crippen molar-refractivity contribution in [2.24, 2.45) is 0 Å². The lowest BCUT2D eigenvalue weighted by Crippen LogP contribution is -2.11. The second-order valence-corrected chi connectivity index (χ2v) is 4.52. The normalized spacial score (nSPS) is 12.3. The Morgan fingerprint density at radius 2 is 2.05 bits per heavy atom. The van der Waals surface area contributed by atoms with Gasteiger partial charge in [0.2, 0.25) is 0 Å². The SMILES string of the molecule is CCC(Nc1ccccc1CCOC)c1ccco1. The van der Waals surface area contributed by atoms with E-state index in [2.05, 4.69) is 30.4 Å². The lowest BCUT2D eigenvalue weighted by atomic mass is 10.1. The van der Waals surface area contributed by atoms with E-state index in [1.807, 2.05) is 18.2 Å². The highest BCUT2D eigenvalue weighted by atomic mass is 16.5. The Morgan fingerprint density at radius 3 is 2.74 bits per heavy atom. The average Bonchev–Trinajstić information content (AvgIpc) is 2.97. The Balaban J connectivity index is 2.13. The third kappa shape index (κ3) is 3.61. The molecule has 3 nitrogen and oxygen atoms in total. The van der Waals surface area contributed by atoms with Crippen molar-refractivity contribution in [2.45, 2.75) is 25.8 Å². The molecule has 0 aliphatic rings. The third-order valence-electron chi connectivity index (χ3n) is 3.22. The molecular weight excluding hydrogens is 238 g/mol. The zero-order valence-corrected chi connectivity index (χ0v) is 11.6. The zero-order chi connectivity index (χ0) is 13.5. The summed E-state index contributed by atoms with van der Waals surface area (Å²) in [6.45, 7) is 2.88. The number of rotatable bonds is 7. The first kappa shape index (κ1) is 13.7. The molecule has 0 aliphatic heterocycles. The van der Waals surface area contributed by atoms with Gasteiger partial charge in [0.25, 0.3) is 0 Å². The molecule has 1 unspecified atom stereocenters. The van der Waals surface area contributed by atoms with Crippen molar-refractivity contribution < 1.29 is 9.15 Å². The molecule has 1 atom stereocenters. The maximum absolute atomic E-state index is 5.49. The van der Waals surface area contributed by atoms with Crippen LogP contribution in [0.4, 0.5) is 5.69 Å². The third-order valence-corrected chi connectivity index (χ3v) is 3.22. The van der Waals surface area contributed by atoms with Crippen molar-refractivity contribution in [3.63, 3.8) is 0 Å². The molecule has 1 heterocycles. The summed E-state index contributed by atoms with van der Waals surface area (Å²) in [5, 5.41) is 3.56. The highest BCUT2D eigenvalue weighted by Gasteiger charge is 2.13. The van der Waals surface area contributed by atoms with Crippen LogP contribution in [0.1, 0.15) is 30.7 Å². The summed E-state index contributed by atoms with van der Waals surface area (Å²) >= 11 is 0. The van der Waals surface area contributed by atoms with Crippen molar-refractivity contribution in [3.05, 3.63) is 54.0 Å². The second-order valence-electron chi connectivity index (χ2n) is 4.52. The number of furan rings is 1. The van der Waals surface area contributed by atoms with Gasteiger partial charge in [0.1, 0.15) is 5.76 Å². The van der Waals surface area contributed by atoms with Gasteiger partial charge in [-0.15, -0.1) is 0 Å². The Labute approximate surface area is 114 Å². The van der Waals surface area contributed by atoms with Gasteiger partial charge in [0.05, 0.1) is 18.9 Å². The van der Waals surface area contributed by atoms with Gasteiger partial charge in [-0.05, 0) is 36.6 Å². The maximum Gasteiger partial charge on any atom is 0.125 e. The number of hydrogen-bond donors (Lipinski definition) is 1. The molecule has 19 heavy (non-hydrogen) atoms. The van der Waals surface area contributed by atoms with Crippen LogP contribution < -0.4 is 5.32 Å². The molecule has 1 N–H and O–H groups in total. The first-order valence-corrected chi connectivity index (χ1v) is 6.72. The molecule has 102 valence electrons. The van der Waals surface area contributed by atoms with Gasteiger partial charge in [-0.25, -0.2) is 0 Å². The van der Waals surface area contributed by atoms with Crippen LogP contribution in [0, 0.1) is 0 Å². The minimum Gasteiger partial charge on any atom is -0.467 e. The van der Waals surface area contributed by atoms with Crippen molar-refractivity contribution >= 4 is 5.69 Å². The van der Waals surface area contributed by atoms with Gasteiger partial charge in [-0.1, -0.05) is 25.1 Å². The lowest BCUT2D eigenvalue weighted by molar-refractivity contribution is 0.202. The van der Waals surface area contributed by atoms with E-state index in [0.29, 0.717) is 0 Å². The van der Waals surface area contributed by atoms with Gasteiger partial charge in [0, 0.05) is 12.8 Å². The van der Waals surface area contributed by atoms with E-state index >= 15 is 0 Å². The van der Waals surface area contributed by atoms with E-state index in [0.717, 1.165) is 30.9 Å². The summed E-state index contributed by atoms with van der Waals surface area (Å²) in [5.74, 6) is 0.976. The summed E-state index contributed by atoms with van der Waals surface area (Å²) in [6.07, 6.45) is 3.61. The molecule has 2 rings (SSSR count). The minimum absolute atomic E-state index is 0.207. The summed E-state index contributed by atoms with van der Waals surface area (Å²) in [5.41, 5.74) is 2.43. The topological polar surface area (TPSA) is 34.4 Å². The number of hydrogen-bond acceptors (Lipinski definition) is 3. The average molecular weight is 259 g/mol. The Morgan fingerprint density at radius 1 is 1.21 bits per heavy atom. The lowest BCUT2D eigenvalue weighted by Gasteiger charge is -2.18. The summed E-state index contributed by atoms with van der Waals surface area (Å²) < 4.78 is 10.7. The number of anilines is 1. The quantitative estimate of drug-likeness (QED) is 0.815. The van der Waals surface area contributed by atoms with Crippen molar-refractivity contribution in [2.75, 3.05) is 19.0 Å². The highest BCUT2D eigenvalue weighted by molar-refractivity contribution is 5.52. The van der Waals surface area contributed by atoms with Crippen molar-refractivity contribution in [3.8, 4) is 0 Å². The molecule has 0 bridgehead atoms. The van der Waals surface area contributed by atoms with Gasteiger partial charge < -0.3 is 14.5 Å². The molecule has 0 aliphatic carbocycles. The van der Waals surface area contributed by atoms with Crippen LogP contribution in [-0.2, 0) is 11.2 Å². The van der Waals surface area contributed by atoms with Gasteiger partial charge in [0.15, 0.2) is 0 Å². The van der Waals surface area contributed by atoms with E-state index in [1.54, 1.807) is 13.4 Å². The Kier molecular flexibility index (Phi) is 5.04. The van der Waals surface area contributed by atoms with Crippen LogP contribution in [0.15, 0.2) is 47.1 Å². The van der Waals surface area contributed by atoms with E-state index in [4.69, 9.17) is 9.15 Å². The minimum atomic E-state index is 0.207. The Bertz CT molecular complexity index is 479. The number of ether oxygens (including phenoxy) is 1. The number of methoxy groups -OCH3 is 1. The molecule has 2 aromatic rings. The summed E-state index contributed by atoms with van der Waals surface area (Å²) in [7, 11) is 1.73. The first-order valence-electron chi connectivity index (χ1n) is 6.72. The first-order chi connectivity index (χ1) is 9.35. The molecule has 1 aromatic carbocycles. The Hall–Kier alpha value is -1.74. The van der Waals surface area contributed by atoms with Gasteiger partial charge in [-0.2, -0.15) is 0 Å². The van der Waals surface area contributed by atoms with Crippen LogP contribution >= 0.6 is 0 Å². The van der Waals surface area contributed by atoms with Crippen LogP contribution in [0.25, 0.3) is 0 Å². The molecule has 3 heteroatoms. The summed E-state index contributed by atoms with van der Waals surface area (Å²) in [6, 6.07) is 12.5. The fraction of sp³-hybridized carbons (Fsp3) is 0.375. The van der Waals surface area contributed by atoms with E-state index in [9.17, 15) is 0 Å². The molecule has 0 saturated carbocycles. The molecular formula is C16H21NO2. The van der Waals surface area contributed by atoms with Crippen LogP contribution in [0.3, 0.4) is 0 Å². The molecule has 0 amide bonds. The fourth-order valence-electron chi connectivity index (χ4n) is 2.14. The fourth-order valence-corrected chi connectivity index (χ4v) is 2.14. The summed E-state index contributed by atoms with van der Waals surface area (Å²) in [4.78, 5) is 0. The molecule has 0 fully saturated rings. The second kappa shape index (κ2) is 7.00. The molecule has 0 radical (unpaired) electrons. The van der Waals surface area contributed by atoms with Gasteiger partial charge >= 0.3 is 0 Å². The van der Waals surface area contributed by atoms with E-state index in [1.165, 1.54) is 5.56 Å². The van der Waals surface area contributed by atoms with Crippen molar-refractivity contribution in [1.82, 2.24) is 0 Å².